The SMILES string of the molecule is Cc1ccc(C)c(NS(=O)(=O)c2cc(C(=O)NCCOc3cccc(C)c3C)ccc2C)c1. The first-order valence-corrected chi connectivity index (χ1v) is 12.2. The number of rotatable bonds is 8. The fraction of sp³-hybridized carbons (Fsp3) is 0.269. The molecule has 2 N–H and O–H groups in total. The van der Waals surface area contributed by atoms with Gasteiger partial charge in [0, 0.05) is 5.56 Å². The van der Waals surface area contributed by atoms with Crippen molar-refractivity contribution >= 4 is 21.6 Å². The molecule has 3 aromatic carbocycles. The molecule has 0 unspecified atom stereocenters. The summed E-state index contributed by atoms with van der Waals surface area (Å²) in [5, 5.41) is 2.79. The van der Waals surface area contributed by atoms with Gasteiger partial charge in [0.05, 0.1) is 17.1 Å². The molecule has 0 radical (unpaired) electrons. The van der Waals surface area contributed by atoms with Crippen molar-refractivity contribution in [1.82, 2.24) is 5.32 Å². The van der Waals surface area contributed by atoms with E-state index in [0.717, 1.165) is 28.0 Å². The van der Waals surface area contributed by atoms with E-state index >= 15 is 0 Å². The zero-order valence-corrected chi connectivity index (χ0v) is 20.5. The van der Waals surface area contributed by atoms with Crippen LogP contribution >= 0.6 is 0 Å². The van der Waals surface area contributed by atoms with E-state index in [4.69, 9.17) is 4.74 Å². The van der Waals surface area contributed by atoms with Crippen LogP contribution in [0.3, 0.4) is 0 Å². The summed E-state index contributed by atoms with van der Waals surface area (Å²) in [5.41, 5.74) is 5.32. The van der Waals surface area contributed by atoms with E-state index < -0.39 is 10.0 Å². The molecule has 0 heterocycles. The number of carbonyl (C=O) groups excluding carboxylic acids is 1. The highest BCUT2D eigenvalue weighted by Crippen LogP contribution is 2.24. The van der Waals surface area contributed by atoms with Gasteiger partial charge in [0.25, 0.3) is 15.9 Å². The highest BCUT2D eigenvalue weighted by molar-refractivity contribution is 7.92. The van der Waals surface area contributed by atoms with E-state index in [0.29, 0.717) is 24.4 Å². The molecule has 0 spiro atoms. The third kappa shape index (κ3) is 5.93. The Morgan fingerprint density at radius 3 is 2.36 bits per heavy atom. The van der Waals surface area contributed by atoms with Crippen molar-refractivity contribution in [3.63, 3.8) is 0 Å². The Labute approximate surface area is 196 Å². The first kappa shape index (κ1) is 24.3. The van der Waals surface area contributed by atoms with Crippen LogP contribution in [0.1, 0.15) is 38.2 Å². The Kier molecular flexibility index (Phi) is 7.43. The van der Waals surface area contributed by atoms with Gasteiger partial charge in [0.2, 0.25) is 0 Å². The number of anilines is 1. The van der Waals surface area contributed by atoms with Crippen LogP contribution in [0.25, 0.3) is 0 Å². The lowest BCUT2D eigenvalue weighted by atomic mass is 10.1. The van der Waals surface area contributed by atoms with Crippen LogP contribution in [0, 0.1) is 34.6 Å². The van der Waals surface area contributed by atoms with Gasteiger partial charge in [-0.15, -0.1) is 0 Å². The van der Waals surface area contributed by atoms with Gasteiger partial charge in [0.1, 0.15) is 12.4 Å². The van der Waals surface area contributed by atoms with Gasteiger partial charge in [-0.25, -0.2) is 8.42 Å². The summed E-state index contributed by atoms with van der Waals surface area (Å²) in [6, 6.07) is 16.1. The van der Waals surface area contributed by atoms with Crippen molar-refractivity contribution in [2.45, 2.75) is 39.5 Å². The third-order valence-electron chi connectivity index (χ3n) is 5.58. The predicted octanol–water partition coefficient (Wildman–Crippen LogP) is 4.84. The molecule has 0 aliphatic heterocycles. The fourth-order valence-corrected chi connectivity index (χ4v) is 4.78. The van der Waals surface area contributed by atoms with E-state index in [1.807, 2.05) is 58.0 Å². The van der Waals surface area contributed by atoms with Crippen LogP contribution in [0.4, 0.5) is 5.69 Å². The summed E-state index contributed by atoms with van der Waals surface area (Å²) in [7, 11) is -3.86. The topological polar surface area (TPSA) is 84.5 Å². The molecule has 3 aromatic rings. The number of sulfonamides is 1. The molecule has 174 valence electrons. The second kappa shape index (κ2) is 10.1. The predicted molar refractivity (Wildman–Crippen MR) is 132 cm³/mol. The first-order valence-electron chi connectivity index (χ1n) is 10.8. The van der Waals surface area contributed by atoms with Gasteiger partial charge < -0.3 is 10.1 Å². The van der Waals surface area contributed by atoms with Gasteiger partial charge in [-0.3, -0.25) is 9.52 Å². The molecule has 0 aliphatic rings. The average Bonchev–Trinajstić information content (AvgIpc) is 2.76. The summed E-state index contributed by atoms with van der Waals surface area (Å²) in [6.07, 6.45) is 0. The van der Waals surface area contributed by atoms with Gasteiger partial charge in [-0.2, -0.15) is 0 Å². The van der Waals surface area contributed by atoms with Gasteiger partial charge in [0.15, 0.2) is 0 Å². The van der Waals surface area contributed by atoms with Gasteiger partial charge in [-0.05, 0) is 86.7 Å². The maximum Gasteiger partial charge on any atom is 0.262 e. The molecule has 3 rings (SSSR count). The Hall–Kier alpha value is -3.32. The quantitative estimate of drug-likeness (QED) is 0.465. The molecule has 0 atom stereocenters. The zero-order valence-electron chi connectivity index (χ0n) is 19.7. The van der Waals surface area contributed by atoms with Crippen LogP contribution in [0.5, 0.6) is 5.75 Å². The molecule has 0 fully saturated rings. The second-order valence-electron chi connectivity index (χ2n) is 8.21. The minimum Gasteiger partial charge on any atom is -0.491 e. The van der Waals surface area contributed by atoms with Crippen molar-refractivity contribution in [1.29, 1.82) is 0 Å². The molecule has 7 heteroatoms. The van der Waals surface area contributed by atoms with Crippen LogP contribution in [0.15, 0.2) is 59.5 Å². The molecule has 0 saturated carbocycles. The van der Waals surface area contributed by atoms with Crippen LogP contribution in [-0.2, 0) is 10.0 Å². The monoisotopic (exact) mass is 466 g/mol. The highest BCUT2D eigenvalue weighted by Gasteiger charge is 2.20. The van der Waals surface area contributed by atoms with E-state index in [1.165, 1.54) is 6.07 Å². The minimum atomic E-state index is -3.86. The molecule has 1 amide bonds. The Balaban J connectivity index is 1.69. The Morgan fingerprint density at radius 1 is 0.879 bits per heavy atom. The lowest BCUT2D eigenvalue weighted by molar-refractivity contribution is 0.0946. The van der Waals surface area contributed by atoms with Crippen molar-refractivity contribution in [2.24, 2.45) is 0 Å². The number of amides is 1. The lowest BCUT2D eigenvalue weighted by Crippen LogP contribution is -2.28. The maximum atomic E-state index is 13.1. The van der Waals surface area contributed by atoms with E-state index in [9.17, 15) is 13.2 Å². The average molecular weight is 467 g/mol. The Morgan fingerprint density at radius 2 is 1.61 bits per heavy atom. The molecular formula is C26H30N2O4S. The molecule has 0 bridgehead atoms. The maximum absolute atomic E-state index is 13.1. The number of carbonyl (C=O) groups is 1. The highest BCUT2D eigenvalue weighted by atomic mass is 32.2. The number of benzene rings is 3. The number of ether oxygens (including phenoxy) is 1. The third-order valence-corrected chi connectivity index (χ3v) is 7.08. The summed E-state index contributed by atoms with van der Waals surface area (Å²) < 4.78 is 34.6. The number of hydrogen-bond donors (Lipinski definition) is 2. The summed E-state index contributed by atoms with van der Waals surface area (Å²) in [6.45, 7) is 10.1. The second-order valence-corrected chi connectivity index (χ2v) is 9.86. The smallest absolute Gasteiger partial charge is 0.262 e. The largest absolute Gasteiger partial charge is 0.491 e. The zero-order chi connectivity index (χ0) is 24.2. The molecule has 0 aliphatic carbocycles. The summed E-state index contributed by atoms with van der Waals surface area (Å²) in [5.74, 6) is 0.424. The summed E-state index contributed by atoms with van der Waals surface area (Å²) in [4.78, 5) is 12.7. The summed E-state index contributed by atoms with van der Waals surface area (Å²) >= 11 is 0. The first-order chi connectivity index (χ1) is 15.6. The van der Waals surface area contributed by atoms with Crippen molar-refractivity contribution in [2.75, 3.05) is 17.9 Å². The normalized spacial score (nSPS) is 11.2. The van der Waals surface area contributed by atoms with E-state index in [2.05, 4.69) is 10.0 Å². The van der Waals surface area contributed by atoms with Gasteiger partial charge in [-0.1, -0.05) is 30.3 Å². The standard InChI is InChI=1S/C26H30N2O4S/c1-17-9-10-19(3)23(15-17)28-33(30,31)25-16-22(12-11-20(25)4)26(29)27-13-14-32-24-8-6-7-18(2)21(24)5/h6-12,15-16,28H,13-14H2,1-5H3,(H,27,29). The lowest BCUT2D eigenvalue weighted by Gasteiger charge is -2.14. The van der Waals surface area contributed by atoms with Crippen LogP contribution in [-0.4, -0.2) is 27.5 Å². The molecule has 0 saturated heterocycles. The van der Waals surface area contributed by atoms with Crippen LogP contribution < -0.4 is 14.8 Å². The van der Waals surface area contributed by atoms with Crippen molar-refractivity contribution in [3.8, 4) is 5.75 Å². The van der Waals surface area contributed by atoms with Crippen molar-refractivity contribution in [3.05, 3.63) is 88.0 Å². The Bertz CT molecular complexity index is 1280. The molecule has 6 nitrogen and oxygen atoms in total. The minimum absolute atomic E-state index is 0.0719. The molecular weight excluding hydrogens is 436 g/mol. The van der Waals surface area contributed by atoms with E-state index in [-0.39, 0.29) is 16.4 Å². The fourth-order valence-electron chi connectivity index (χ4n) is 3.38. The van der Waals surface area contributed by atoms with Crippen molar-refractivity contribution < 1.29 is 17.9 Å². The number of hydrogen-bond acceptors (Lipinski definition) is 4. The number of aryl methyl sites for hydroxylation is 4. The molecule has 0 aromatic heterocycles. The van der Waals surface area contributed by atoms with Crippen LogP contribution in [0.2, 0.25) is 0 Å². The van der Waals surface area contributed by atoms with E-state index in [1.54, 1.807) is 25.1 Å². The van der Waals surface area contributed by atoms with Gasteiger partial charge >= 0.3 is 0 Å². The molecule has 33 heavy (non-hydrogen) atoms. The number of nitrogens with one attached hydrogen (secondary N) is 2.